The molecule has 2 aromatic heterocycles. The van der Waals surface area contributed by atoms with Crippen LogP contribution in [0.25, 0.3) is 98.5 Å². The van der Waals surface area contributed by atoms with E-state index in [0.29, 0.717) is 17.5 Å². The topological polar surface area (TPSA) is 38.7 Å². The average molecular weight is 694 g/mol. The third kappa shape index (κ3) is 5.57. The van der Waals surface area contributed by atoms with E-state index in [1.54, 1.807) is 11.3 Å². The van der Waals surface area contributed by atoms with Crippen molar-refractivity contribution in [1.29, 1.82) is 0 Å². The first kappa shape index (κ1) is 31.0. The molecule has 2 heterocycles. The summed E-state index contributed by atoms with van der Waals surface area (Å²) in [5, 5.41) is 4.68. The van der Waals surface area contributed by atoms with E-state index in [2.05, 4.69) is 170 Å². The summed E-state index contributed by atoms with van der Waals surface area (Å²) in [4.78, 5) is 15.9. The minimum absolute atomic E-state index is 0.646. The molecule has 0 unspecified atom stereocenters. The average Bonchev–Trinajstić information content (AvgIpc) is 3.63. The Labute approximate surface area is 311 Å². The highest BCUT2D eigenvalue weighted by Gasteiger charge is 2.21. The summed E-state index contributed by atoms with van der Waals surface area (Å²) < 4.78 is 2.42. The first-order valence-electron chi connectivity index (χ1n) is 17.8. The van der Waals surface area contributed by atoms with E-state index in [9.17, 15) is 0 Å². The summed E-state index contributed by atoms with van der Waals surface area (Å²) in [6, 6.07) is 66.3. The Balaban J connectivity index is 1.21. The summed E-state index contributed by atoms with van der Waals surface area (Å²) in [5.74, 6) is 1.95. The highest BCUT2D eigenvalue weighted by molar-refractivity contribution is 7.26. The second kappa shape index (κ2) is 13.1. The van der Waals surface area contributed by atoms with Crippen LogP contribution in [0.3, 0.4) is 0 Å². The molecule has 0 saturated heterocycles. The zero-order valence-corrected chi connectivity index (χ0v) is 29.5. The van der Waals surface area contributed by atoms with Crippen molar-refractivity contribution in [3.05, 3.63) is 188 Å². The van der Waals surface area contributed by atoms with Crippen LogP contribution in [-0.2, 0) is 0 Å². The number of rotatable bonds is 6. The van der Waals surface area contributed by atoms with Crippen LogP contribution in [-0.4, -0.2) is 15.0 Å². The number of aromatic nitrogens is 3. The molecule has 10 rings (SSSR count). The van der Waals surface area contributed by atoms with Crippen LogP contribution >= 0.6 is 11.3 Å². The fourth-order valence-corrected chi connectivity index (χ4v) is 8.64. The van der Waals surface area contributed by atoms with Gasteiger partial charge in [-0.05, 0) is 56.3 Å². The van der Waals surface area contributed by atoms with Gasteiger partial charge in [-0.2, -0.15) is 0 Å². The Morgan fingerprint density at radius 1 is 0.302 bits per heavy atom. The summed E-state index contributed by atoms with van der Waals surface area (Å²) in [7, 11) is 0. The molecule has 4 heteroatoms. The quantitative estimate of drug-likeness (QED) is 0.174. The Morgan fingerprint density at radius 3 is 1.68 bits per heavy atom. The molecular weight excluding hydrogens is 663 g/mol. The van der Waals surface area contributed by atoms with Crippen LogP contribution in [0.1, 0.15) is 0 Å². The third-order valence-electron chi connectivity index (χ3n) is 9.99. The van der Waals surface area contributed by atoms with Crippen LogP contribution in [0.5, 0.6) is 0 Å². The minimum Gasteiger partial charge on any atom is -0.208 e. The van der Waals surface area contributed by atoms with Gasteiger partial charge in [0.2, 0.25) is 0 Å². The Morgan fingerprint density at radius 2 is 0.868 bits per heavy atom. The predicted molar refractivity (Wildman–Crippen MR) is 223 cm³/mol. The van der Waals surface area contributed by atoms with Crippen LogP contribution in [0.2, 0.25) is 0 Å². The molecule has 10 aromatic rings. The zero-order valence-electron chi connectivity index (χ0n) is 28.6. The standard InChI is InChI=1S/C49H31N3S/c1-3-14-32(15-4-1)33-26-28-35(29-27-33)37-19-9-10-21-39(37)41-31-30-34-16-7-8-20-38(34)45(41)49-51-47(36-17-5-2-6-18-36)50-48(52-49)43-24-13-23-42-40-22-11-12-25-44(40)53-46(42)43/h1-31H. The van der Waals surface area contributed by atoms with Gasteiger partial charge in [0, 0.05) is 36.9 Å². The second-order valence-electron chi connectivity index (χ2n) is 13.2. The lowest BCUT2D eigenvalue weighted by Crippen LogP contribution is -2.02. The minimum atomic E-state index is 0.646. The summed E-state index contributed by atoms with van der Waals surface area (Å²) in [6.45, 7) is 0. The SMILES string of the molecule is c1ccc(-c2ccc(-c3ccccc3-c3ccc4ccccc4c3-c3nc(-c4ccccc4)nc(-c4cccc5c4sc4ccccc45)n3)cc2)cc1. The molecule has 0 aliphatic heterocycles. The van der Waals surface area contributed by atoms with Crippen molar-refractivity contribution in [3.8, 4) is 67.5 Å². The van der Waals surface area contributed by atoms with Crippen molar-refractivity contribution in [2.45, 2.75) is 0 Å². The molecule has 0 fully saturated rings. The van der Waals surface area contributed by atoms with E-state index in [-0.39, 0.29) is 0 Å². The van der Waals surface area contributed by atoms with Gasteiger partial charge in [0.05, 0.1) is 0 Å². The van der Waals surface area contributed by atoms with Gasteiger partial charge in [-0.1, -0.05) is 176 Å². The molecule has 0 aliphatic carbocycles. The molecule has 3 nitrogen and oxygen atoms in total. The molecule has 248 valence electrons. The van der Waals surface area contributed by atoms with Crippen LogP contribution in [0, 0.1) is 0 Å². The lowest BCUT2D eigenvalue weighted by molar-refractivity contribution is 1.08. The first-order valence-corrected chi connectivity index (χ1v) is 18.6. The van der Waals surface area contributed by atoms with Gasteiger partial charge in [-0.15, -0.1) is 11.3 Å². The Kier molecular flexibility index (Phi) is 7.67. The van der Waals surface area contributed by atoms with E-state index in [1.165, 1.54) is 31.3 Å². The highest BCUT2D eigenvalue weighted by atomic mass is 32.1. The van der Waals surface area contributed by atoms with Gasteiger partial charge >= 0.3 is 0 Å². The number of hydrogen-bond donors (Lipinski definition) is 0. The maximum atomic E-state index is 5.39. The maximum absolute atomic E-state index is 5.39. The van der Waals surface area contributed by atoms with Crippen LogP contribution < -0.4 is 0 Å². The van der Waals surface area contributed by atoms with Gasteiger partial charge in [-0.25, -0.2) is 15.0 Å². The summed E-state index contributed by atoms with van der Waals surface area (Å²) in [6.07, 6.45) is 0. The number of nitrogens with zero attached hydrogens (tertiary/aromatic N) is 3. The van der Waals surface area contributed by atoms with E-state index in [1.807, 2.05) is 18.2 Å². The molecule has 0 bridgehead atoms. The molecule has 0 N–H and O–H groups in total. The van der Waals surface area contributed by atoms with Gasteiger partial charge in [0.1, 0.15) is 0 Å². The fraction of sp³-hybridized carbons (Fsp3) is 0. The second-order valence-corrected chi connectivity index (χ2v) is 14.2. The van der Waals surface area contributed by atoms with Gasteiger partial charge in [0.25, 0.3) is 0 Å². The summed E-state index contributed by atoms with van der Waals surface area (Å²) >= 11 is 1.79. The molecule has 0 aliphatic rings. The van der Waals surface area contributed by atoms with Crippen molar-refractivity contribution in [2.75, 3.05) is 0 Å². The number of benzene rings is 8. The molecule has 0 amide bonds. The number of hydrogen-bond acceptors (Lipinski definition) is 4. The Bertz CT molecular complexity index is 2930. The lowest BCUT2D eigenvalue weighted by Gasteiger charge is -2.17. The molecule has 0 radical (unpaired) electrons. The monoisotopic (exact) mass is 693 g/mol. The molecule has 0 spiro atoms. The van der Waals surface area contributed by atoms with Crippen molar-refractivity contribution in [3.63, 3.8) is 0 Å². The van der Waals surface area contributed by atoms with Crippen LogP contribution in [0.15, 0.2) is 188 Å². The van der Waals surface area contributed by atoms with Crippen molar-refractivity contribution in [2.24, 2.45) is 0 Å². The van der Waals surface area contributed by atoms with Crippen molar-refractivity contribution < 1.29 is 0 Å². The number of fused-ring (bicyclic) bond motifs is 4. The van der Waals surface area contributed by atoms with Crippen molar-refractivity contribution >= 4 is 42.3 Å². The van der Waals surface area contributed by atoms with Gasteiger partial charge in [0.15, 0.2) is 17.5 Å². The summed E-state index contributed by atoms with van der Waals surface area (Å²) in [5.41, 5.74) is 9.83. The predicted octanol–water partition coefficient (Wildman–Crippen LogP) is 13.4. The van der Waals surface area contributed by atoms with E-state index in [4.69, 9.17) is 15.0 Å². The largest absolute Gasteiger partial charge is 0.208 e. The zero-order chi connectivity index (χ0) is 35.1. The molecular formula is C49H31N3S. The van der Waals surface area contributed by atoms with E-state index < -0.39 is 0 Å². The van der Waals surface area contributed by atoms with Crippen LogP contribution in [0.4, 0.5) is 0 Å². The van der Waals surface area contributed by atoms with Crippen molar-refractivity contribution in [1.82, 2.24) is 15.0 Å². The maximum Gasteiger partial charge on any atom is 0.165 e. The van der Waals surface area contributed by atoms with Gasteiger partial charge < -0.3 is 0 Å². The molecule has 8 aromatic carbocycles. The lowest BCUT2D eigenvalue weighted by atomic mass is 9.88. The Hall–Kier alpha value is -6.75. The molecule has 53 heavy (non-hydrogen) atoms. The molecule has 0 saturated carbocycles. The fourth-order valence-electron chi connectivity index (χ4n) is 7.43. The highest BCUT2D eigenvalue weighted by Crippen LogP contribution is 2.43. The molecule has 0 atom stereocenters. The number of thiophene rings is 1. The van der Waals surface area contributed by atoms with E-state index in [0.717, 1.165) is 49.7 Å². The van der Waals surface area contributed by atoms with Gasteiger partial charge in [-0.3, -0.25) is 0 Å². The van der Waals surface area contributed by atoms with E-state index >= 15 is 0 Å². The normalized spacial score (nSPS) is 11.4. The smallest absolute Gasteiger partial charge is 0.165 e. The first-order chi connectivity index (χ1) is 26.3. The third-order valence-corrected chi connectivity index (χ3v) is 11.2.